The number of hydrogen-bond acceptors (Lipinski definition) is 3. The van der Waals surface area contributed by atoms with Crippen molar-refractivity contribution in [3.8, 4) is 11.4 Å². The van der Waals surface area contributed by atoms with Gasteiger partial charge in [0.1, 0.15) is 11.4 Å². The van der Waals surface area contributed by atoms with Gasteiger partial charge in [0.05, 0.1) is 11.4 Å². The Morgan fingerprint density at radius 1 is 1.14 bits per heavy atom. The second kappa shape index (κ2) is 7.94. The standard InChI is InChI=1S/C21H22ClN3O3/c1-13-12-16(22)10-11-18(13)28-15(3)20(26)23-19-14(2)24(4)25(21(19)27)17-8-6-5-7-9-17/h5-12,15H,1-4H3,(H,23,26)/t15-/m1/s1. The van der Waals surface area contributed by atoms with Crippen molar-refractivity contribution in [2.75, 3.05) is 5.32 Å². The molecule has 0 aliphatic carbocycles. The van der Waals surface area contributed by atoms with Crippen LogP contribution in [0.5, 0.6) is 5.75 Å². The Hall–Kier alpha value is -2.99. The van der Waals surface area contributed by atoms with Crippen molar-refractivity contribution in [2.24, 2.45) is 7.05 Å². The zero-order valence-electron chi connectivity index (χ0n) is 16.2. The smallest absolute Gasteiger partial charge is 0.295 e. The highest BCUT2D eigenvalue weighted by molar-refractivity contribution is 6.30. The average Bonchev–Trinajstić information content (AvgIpc) is 2.88. The molecule has 0 saturated heterocycles. The molecule has 28 heavy (non-hydrogen) atoms. The molecule has 6 nitrogen and oxygen atoms in total. The van der Waals surface area contributed by atoms with Gasteiger partial charge in [-0.2, -0.15) is 0 Å². The molecule has 1 aromatic heterocycles. The number of aryl methyl sites for hydroxylation is 1. The van der Waals surface area contributed by atoms with Crippen LogP contribution in [0.1, 0.15) is 18.2 Å². The highest BCUT2D eigenvalue weighted by Crippen LogP contribution is 2.23. The first kappa shape index (κ1) is 19.8. The second-order valence-corrected chi connectivity index (χ2v) is 7.03. The van der Waals surface area contributed by atoms with Crippen molar-refractivity contribution < 1.29 is 9.53 Å². The van der Waals surface area contributed by atoms with Gasteiger partial charge in [0.2, 0.25) is 0 Å². The van der Waals surface area contributed by atoms with E-state index < -0.39 is 12.0 Å². The van der Waals surface area contributed by atoms with Gasteiger partial charge < -0.3 is 10.1 Å². The summed E-state index contributed by atoms with van der Waals surface area (Å²) in [6.45, 7) is 5.27. The summed E-state index contributed by atoms with van der Waals surface area (Å²) in [5.41, 5.74) is 2.14. The topological polar surface area (TPSA) is 65.3 Å². The number of carbonyl (C=O) groups is 1. The summed E-state index contributed by atoms with van der Waals surface area (Å²) < 4.78 is 8.97. The molecule has 1 amide bonds. The van der Waals surface area contributed by atoms with Gasteiger partial charge in [0, 0.05) is 12.1 Å². The molecule has 1 N–H and O–H groups in total. The summed E-state index contributed by atoms with van der Waals surface area (Å²) >= 11 is 5.95. The lowest BCUT2D eigenvalue weighted by Crippen LogP contribution is -2.32. The second-order valence-electron chi connectivity index (χ2n) is 6.60. The lowest BCUT2D eigenvalue weighted by Gasteiger charge is -2.16. The van der Waals surface area contributed by atoms with Crippen LogP contribution in [-0.4, -0.2) is 21.4 Å². The highest BCUT2D eigenvalue weighted by Gasteiger charge is 2.22. The average molecular weight is 400 g/mol. The fraction of sp³-hybridized carbons (Fsp3) is 0.238. The monoisotopic (exact) mass is 399 g/mol. The number of para-hydroxylation sites is 1. The number of amides is 1. The van der Waals surface area contributed by atoms with Crippen molar-refractivity contribution >= 4 is 23.2 Å². The number of ether oxygens (including phenoxy) is 1. The van der Waals surface area contributed by atoms with Gasteiger partial charge >= 0.3 is 0 Å². The SMILES string of the molecule is Cc1cc(Cl)ccc1O[C@H](C)C(=O)Nc1c(C)n(C)n(-c2ccccc2)c1=O. The minimum Gasteiger partial charge on any atom is -0.481 e. The molecular formula is C21H22ClN3O3. The Morgan fingerprint density at radius 3 is 2.46 bits per heavy atom. The number of carbonyl (C=O) groups excluding carboxylic acids is 1. The maximum atomic E-state index is 12.9. The zero-order chi connectivity index (χ0) is 20.4. The van der Waals surface area contributed by atoms with Crippen molar-refractivity contribution in [1.82, 2.24) is 9.36 Å². The Labute approximate surface area is 168 Å². The minimum absolute atomic E-state index is 0.236. The largest absolute Gasteiger partial charge is 0.481 e. The van der Waals surface area contributed by atoms with E-state index in [1.165, 1.54) is 4.68 Å². The summed E-state index contributed by atoms with van der Waals surface area (Å²) in [7, 11) is 1.77. The van der Waals surface area contributed by atoms with Crippen molar-refractivity contribution in [2.45, 2.75) is 26.9 Å². The molecule has 0 spiro atoms. The summed E-state index contributed by atoms with van der Waals surface area (Å²) in [5.74, 6) is 0.166. The van der Waals surface area contributed by atoms with E-state index in [1.54, 1.807) is 43.8 Å². The van der Waals surface area contributed by atoms with Crippen molar-refractivity contribution in [3.63, 3.8) is 0 Å². The maximum Gasteiger partial charge on any atom is 0.295 e. The van der Waals surface area contributed by atoms with Gasteiger partial charge in [-0.25, -0.2) is 4.68 Å². The van der Waals surface area contributed by atoms with E-state index in [-0.39, 0.29) is 11.2 Å². The molecule has 2 aromatic carbocycles. The third-order valence-electron chi connectivity index (χ3n) is 4.61. The molecule has 0 aliphatic rings. The number of aromatic nitrogens is 2. The van der Waals surface area contributed by atoms with Crippen LogP contribution in [-0.2, 0) is 11.8 Å². The minimum atomic E-state index is -0.788. The predicted octanol–water partition coefficient (Wildman–Crippen LogP) is 3.85. The maximum absolute atomic E-state index is 12.9. The van der Waals surface area contributed by atoms with Crippen LogP contribution in [0.15, 0.2) is 53.3 Å². The Morgan fingerprint density at radius 2 is 1.82 bits per heavy atom. The van der Waals surface area contributed by atoms with E-state index in [0.29, 0.717) is 16.5 Å². The summed E-state index contributed by atoms with van der Waals surface area (Å²) in [6, 6.07) is 14.4. The van der Waals surface area contributed by atoms with Gasteiger partial charge in [-0.1, -0.05) is 29.8 Å². The molecule has 0 aliphatic heterocycles. The highest BCUT2D eigenvalue weighted by atomic mass is 35.5. The van der Waals surface area contributed by atoms with Gasteiger partial charge in [0.15, 0.2) is 6.10 Å². The number of hydrogen-bond donors (Lipinski definition) is 1. The Bertz CT molecular complexity index is 1070. The van der Waals surface area contributed by atoms with E-state index in [1.807, 2.05) is 37.3 Å². The normalized spacial score (nSPS) is 11.9. The molecule has 0 saturated carbocycles. The molecular weight excluding hydrogens is 378 g/mol. The van der Waals surface area contributed by atoms with E-state index in [0.717, 1.165) is 11.3 Å². The van der Waals surface area contributed by atoms with Gasteiger partial charge in [-0.3, -0.25) is 14.3 Å². The van der Waals surface area contributed by atoms with Crippen LogP contribution in [0.4, 0.5) is 5.69 Å². The molecule has 0 unspecified atom stereocenters. The molecule has 146 valence electrons. The van der Waals surface area contributed by atoms with Crippen LogP contribution in [0.3, 0.4) is 0 Å². The summed E-state index contributed by atoms with van der Waals surface area (Å²) in [6.07, 6.45) is -0.788. The van der Waals surface area contributed by atoms with Crippen LogP contribution < -0.4 is 15.6 Å². The van der Waals surface area contributed by atoms with Gasteiger partial charge in [-0.15, -0.1) is 0 Å². The van der Waals surface area contributed by atoms with E-state index in [4.69, 9.17) is 16.3 Å². The lowest BCUT2D eigenvalue weighted by atomic mass is 10.2. The van der Waals surface area contributed by atoms with E-state index >= 15 is 0 Å². The van der Waals surface area contributed by atoms with Gasteiger partial charge in [0.25, 0.3) is 11.5 Å². The molecule has 0 bridgehead atoms. The molecule has 1 heterocycles. The number of benzene rings is 2. The Kier molecular flexibility index (Phi) is 5.61. The zero-order valence-corrected chi connectivity index (χ0v) is 16.9. The van der Waals surface area contributed by atoms with Crippen LogP contribution in [0.25, 0.3) is 5.69 Å². The fourth-order valence-electron chi connectivity index (χ4n) is 2.93. The fourth-order valence-corrected chi connectivity index (χ4v) is 3.15. The van der Waals surface area contributed by atoms with Crippen molar-refractivity contribution in [3.05, 3.63) is 75.2 Å². The Balaban J connectivity index is 1.83. The molecule has 0 fully saturated rings. The van der Waals surface area contributed by atoms with Crippen LogP contribution in [0.2, 0.25) is 5.02 Å². The molecule has 3 aromatic rings. The molecule has 0 radical (unpaired) electrons. The number of halogens is 1. The van der Waals surface area contributed by atoms with Crippen LogP contribution in [0, 0.1) is 13.8 Å². The number of nitrogens with zero attached hydrogens (tertiary/aromatic N) is 2. The first-order chi connectivity index (χ1) is 13.3. The lowest BCUT2D eigenvalue weighted by molar-refractivity contribution is -0.122. The van der Waals surface area contributed by atoms with E-state index in [2.05, 4.69) is 5.32 Å². The molecule has 3 rings (SSSR count). The van der Waals surface area contributed by atoms with Crippen LogP contribution >= 0.6 is 11.6 Å². The number of nitrogens with one attached hydrogen (secondary N) is 1. The third kappa shape index (κ3) is 3.82. The first-order valence-electron chi connectivity index (χ1n) is 8.87. The summed E-state index contributed by atoms with van der Waals surface area (Å²) in [5, 5.41) is 3.32. The molecule has 1 atom stereocenters. The predicted molar refractivity (Wildman–Crippen MR) is 111 cm³/mol. The first-order valence-corrected chi connectivity index (χ1v) is 9.25. The summed E-state index contributed by atoms with van der Waals surface area (Å²) in [4.78, 5) is 25.5. The third-order valence-corrected chi connectivity index (χ3v) is 4.85. The number of anilines is 1. The van der Waals surface area contributed by atoms with Gasteiger partial charge in [-0.05, 0) is 56.7 Å². The van der Waals surface area contributed by atoms with E-state index in [9.17, 15) is 9.59 Å². The number of rotatable bonds is 5. The van der Waals surface area contributed by atoms with Crippen molar-refractivity contribution in [1.29, 1.82) is 0 Å². The molecule has 7 heteroatoms. The quantitative estimate of drug-likeness (QED) is 0.708.